The molecular formula is C23H24F3NO2. The molecule has 3 nitrogen and oxygen atoms in total. The summed E-state index contributed by atoms with van der Waals surface area (Å²) >= 11 is 0. The molecule has 2 aromatic carbocycles. The van der Waals surface area contributed by atoms with E-state index in [0.29, 0.717) is 12.2 Å². The molecule has 0 amide bonds. The first kappa shape index (κ1) is 21.0. The van der Waals surface area contributed by atoms with Crippen molar-refractivity contribution in [2.45, 2.75) is 38.6 Å². The number of aryl methyl sites for hydroxylation is 2. The van der Waals surface area contributed by atoms with Crippen molar-refractivity contribution >= 4 is 0 Å². The van der Waals surface area contributed by atoms with E-state index in [1.54, 1.807) is 0 Å². The Morgan fingerprint density at radius 3 is 2.00 bits per heavy atom. The molecule has 1 N–H and O–H groups in total. The van der Waals surface area contributed by atoms with Crippen LogP contribution in [0.3, 0.4) is 0 Å². The Balaban J connectivity index is 1.87. The summed E-state index contributed by atoms with van der Waals surface area (Å²) in [5.74, 6) is 0.351. The van der Waals surface area contributed by atoms with E-state index in [0.717, 1.165) is 29.1 Å². The molecule has 0 spiro atoms. The summed E-state index contributed by atoms with van der Waals surface area (Å²) < 4.78 is 46.6. The summed E-state index contributed by atoms with van der Waals surface area (Å²) in [4.78, 5) is 0. The zero-order valence-electron chi connectivity index (χ0n) is 16.4. The molecule has 0 aliphatic rings. The largest absolute Gasteiger partial charge is 0.486 e. The van der Waals surface area contributed by atoms with Crippen LogP contribution in [0.5, 0.6) is 5.75 Å². The molecule has 0 saturated carbocycles. The van der Waals surface area contributed by atoms with Crippen LogP contribution in [-0.2, 0) is 6.18 Å². The molecule has 0 fully saturated rings. The summed E-state index contributed by atoms with van der Waals surface area (Å²) in [7, 11) is 0. The molecule has 1 heterocycles. The molecule has 29 heavy (non-hydrogen) atoms. The lowest BCUT2D eigenvalue weighted by atomic mass is 10.0. The highest BCUT2D eigenvalue weighted by Crippen LogP contribution is 2.34. The van der Waals surface area contributed by atoms with E-state index in [2.05, 4.69) is 4.57 Å². The number of benzene rings is 2. The zero-order chi connectivity index (χ0) is 21.0. The maximum Gasteiger partial charge on any atom is 0.416 e. The standard InChI is InChI=1S/C23H24F3NO2/c1-16-8-9-17(2)27(16)20(15-28)14-22(18-6-4-3-5-7-18)29-21-12-10-19(11-13-21)23(24,25)26/h3-13,20,22,28H,14-15H2,1-2H3/t20-,22-/m1/s1. The normalized spacial score (nSPS) is 13.9. The Morgan fingerprint density at radius 2 is 1.48 bits per heavy atom. The first-order valence-electron chi connectivity index (χ1n) is 9.43. The second kappa shape index (κ2) is 8.74. The zero-order valence-corrected chi connectivity index (χ0v) is 16.4. The number of hydrogen-bond donors (Lipinski definition) is 1. The van der Waals surface area contributed by atoms with Gasteiger partial charge in [-0.25, -0.2) is 0 Å². The third kappa shape index (κ3) is 5.01. The lowest BCUT2D eigenvalue weighted by Gasteiger charge is -2.27. The average Bonchev–Trinajstić information content (AvgIpc) is 3.04. The highest BCUT2D eigenvalue weighted by molar-refractivity contribution is 5.30. The number of aromatic nitrogens is 1. The maximum absolute atomic E-state index is 12.8. The van der Waals surface area contributed by atoms with E-state index in [1.807, 2.05) is 56.3 Å². The minimum absolute atomic E-state index is 0.0733. The van der Waals surface area contributed by atoms with E-state index in [4.69, 9.17) is 4.74 Å². The molecule has 154 valence electrons. The van der Waals surface area contributed by atoms with Gasteiger partial charge in [0.2, 0.25) is 0 Å². The van der Waals surface area contributed by atoms with E-state index in [-0.39, 0.29) is 12.6 Å². The summed E-state index contributed by atoms with van der Waals surface area (Å²) in [5, 5.41) is 10.0. The molecule has 0 unspecified atom stereocenters. The lowest BCUT2D eigenvalue weighted by molar-refractivity contribution is -0.137. The van der Waals surface area contributed by atoms with Crippen LogP contribution in [0.2, 0.25) is 0 Å². The number of aliphatic hydroxyl groups excluding tert-OH is 1. The van der Waals surface area contributed by atoms with Crippen molar-refractivity contribution in [3.8, 4) is 5.75 Å². The fourth-order valence-electron chi connectivity index (χ4n) is 3.57. The van der Waals surface area contributed by atoms with E-state index >= 15 is 0 Å². The maximum atomic E-state index is 12.8. The van der Waals surface area contributed by atoms with Crippen LogP contribution in [0.4, 0.5) is 13.2 Å². The molecular weight excluding hydrogens is 379 g/mol. The highest BCUT2D eigenvalue weighted by atomic mass is 19.4. The summed E-state index contributed by atoms with van der Waals surface area (Å²) in [6, 6.07) is 18.0. The molecule has 6 heteroatoms. The molecule has 0 radical (unpaired) electrons. The average molecular weight is 403 g/mol. The predicted molar refractivity (Wildman–Crippen MR) is 106 cm³/mol. The smallest absolute Gasteiger partial charge is 0.416 e. The lowest BCUT2D eigenvalue weighted by Crippen LogP contribution is -2.21. The molecule has 3 aromatic rings. The number of nitrogens with zero attached hydrogens (tertiary/aromatic N) is 1. The van der Waals surface area contributed by atoms with Crippen molar-refractivity contribution in [3.05, 3.63) is 89.2 Å². The number of hydrogen-bond acceptors (Lipinski definition) is 2. The van der Waals surface area contributed by atoms with Crippen LogP contribution in [0, 0.1) is 13.8 Å². The highest BCUT2D eigenvalue weighted by Gasteiger charge is 2.30. The van der Waals surface area contributed by atoms with Crippen LogP contribution in [-0.4, -0.2) is 16.3 Å². The van der Waals surface area contributed by atoms with Crippen molar-refractivity contribution in [1.29, 1.82) is 0 Å². The van der Waals surface area contributed by atoms with E-state index in [1.165, 1.54) is 12.1 Å². The Labute approximate surface area is 168 Å². The third-order valence-corrected chi connectivity index (χ3v) is 5.02. The van der Waals surface area contributed by atoms with Gasteiger partial charge in [0.15, 0.2) is 0 Å². The van der Waals surface area contributed by atoms with Crippen LogP contribution < -0.4 is 4.74 Å². The number of halogens is 3. The third-order valence-electron chi connectivity index (χ3n) is 5.02. The van der Waals surface area contributed by atoms with Gasteiger partial charge in [-0.1, -0.05) is 30.3 Å². The molecule has 0 aliphatic heterocycles. The predicted octanol–water partition coefficient (Wildman–Crippen LogP) is 5.87. The topological polar surface area (TPSA) is 34.4 Å². The van der Waals surface area contributed by atoms with Gasteiger partial charge in [0, 0.05) is 17.8 Å². The van der Waals surface area contributed by atoms with Crippen LogP contribution in [0.1, 0.15) is 41.1 Å². The summed E-state index contributed by atoms with van der Waals surface area (Å²) in [5.41, 5.74) is 2.24. The van der Waals surface area contributed by atoms with Gasteiger partial charge in [-0.3, -0.25) is 0 Å². The van der Waals surface area contributed by atoms with Crippen LogP contribution in [0.25, 0.3) is 0 Å². The van der Waals surface area contributed by atoms with Gasteiger partial charge >= 0.3 is 6.18 Å². The molecule has 0 bridgehead atoms. The van der Waals surface area contributed by atoms with E-state index in [9.17, 15) is 18.3 Å². The Kier molecular flexibility index (Phi) is 6.33. The fraction of sp³-hybridized carbons (Fsp3) is 0.304. The Hall–Kier alpha value is -2.73. The molecule has 2 atom stereocenters. The monoisotopic (exact) mass is 403 g/mol. The summed E-state index contributed by atoms with van der Waals surface area (Å²) in [6.07, 6.45) is -4.34. The number of alkyl halides is 3. The Bertz CT molecular complexity index is 898. The number of aliphatic hydroxyl groups is 1. The van der Waals surface area contributed by atoms with Gasteiger partial charge in [0.1, 0.15) is 11.9 Å². The van der Waals surface area contributed by atoms with Crippen LogP contribution >= 0.6 is 0 Å². The van der Waals surface area contributed by atoms with Gasteiger partial charge in [0.05, 0.1) is 18.2 Å². The fourth-order valence-corrected chi connectivity index (χ4v) is 3.57. The minimum Gasteiger partial charge on any atom is -0.486 e. The second-order valence-electron chi connectivity index (χ2n) is 7.10. The SMILES string of the molecule is Cc1ccc(C)n1[C@@H](CO)C[C@@H](Oc1ccc(C(F)(F)F)cc1)c1ccccc1. The number of ether oxygens (including phenoxy) is 1. The second-order valence-corrected chi connectivity index (χ2v) is 7.10. The molecule has 3 rings (SSSR count). The van der Waals surface area contributed by atoms with Crippen molar-refractivity contribution in [3.63, 3.8) is 0 Å². The van der Waals surface area contributed by atoms with Crippen molar-refractivity contribution in [1.82, 2.24) is 4.57 Å². The molecule has 1 aromatic heterocycles. The van der Waals surface area contributed by atoms with Gasteiger partial charge in [0.25, 0.3) is 0 Å². The van der Waals surface area contributed by atoms with E-state index < -0.39 is 17.8 Å². The molecule has 0 saturated heterocycles. The first-order valence-corrected chi connectivity index (χ1v) is 9.43. The van der Waals surface area contributed by atoms with Gasteiger partial charge in [-0.05, 0) is 55.8 Å². The van der Waals surface area contributed by atoms with Gasteiger partial charge < -0.3 is 14.4 Å². The minimum atomic E-state index is -4.39. The first-order chi connectivity index (χ1) is 13.8. The van der Waals surface area contributed by atoms with Crippen LogP contribution in [0.15, 0.2) is 66.7 Å². The van der Waals surface area contributed by atoms with Crippen molar-refractivity contribution in [2.75, 3.05) is 6.61 Å². The summed E-state index contributed by atoms with van der Waals surface area (Å²) in [6.45, 7) is 3.88. The Morgan fingerprint density at radius 1 is 0.897 bits per heavy atom. The quantitative estimate of drug-likeness (QED) is 0.536. The van der Waals surface area contributed by atoms with Crippen molar-refractivity contribution < 1.29 is 23.0 Å². The number of rotatable bonds is 7. The van der Waals surface area contributed by atoms with Gasteiger partial charge in [-0.15, -0.1) is 0 Å². The molecule has 0 aliphatic carbocycles. The van der Waals surface area contributed by atoms with Crippen molar-refractivity contribution in [2.24, 2.45) is 0 Å². The van der Waals surface area contributed by atoms with Gasteiger partial charge in [-0.2, -0.15) is 13.2 Å².